The van der Waals surface area contributed by atoms with E-state index in [9.17, 15) is 14.0 Å². The predicted molar refractivity (Wildman–Crippen MR) is 126 cm³/mol. The molecule has 2 rings (SSSR count). The van der Waals surface area contributed by atoms with E-state index in [1.165, 1.54) is 43.5 Å². The molecule has 0 aromatic heterocycles. The van der Waals surface area contributed by atoms with Gasteiger partial charge in [-0.05, 0) is 36.4 Å². The molecule has 0 amide bonds. The van der Waals surface area contributed by atoms with Gasteiger partial charge in [0.25, 0.3) is 0 Å². The molecule has 0 spiro atoms. The Bertz CT molecular complexity index is 1010. The fourth-order valence-corrected chi connectivity index (χ4v) is 3.87. The van der Waals surface area contributed by atoms with Crippen LogP contribution < -0.4 is 0 Å². The fraction of sp³-hybridized carbons (Fsp3) is 0.250. The van der Waals surface area contributed by atoms with Crippen molar-refractivity contribution >= 4 is 80.5 Å². The van der Waals surface area contributed by atoms with Crippen molar-refractivity contribution in [2.75, 3.05) is 13.7 Å². The van der Waals surface area contributed by atoms with Gasteiger partial charge in [0.15, 0.2) is 12.3 Å². The first-order valence-electron chi connectivity index (χ1n) is 8.77. The molecule has 0 bridgehead atoms. The molecule has 2 aromatic carbocycles. The number of ether oxygens (including phenoxy) is 2. The van der Waals surface area contributed by atoms with Crippen LogP contribution in [0.2, 0.25) is 20.1 Å². The Morgan fingerprint density at radius 1 is 1.03 bits per heavy atom. The minimum Gasteiger partial charge on any atom is -0.461 e. The summed E-state index contributed by atoms with van der Waals surface area (Å²) in [5.74, 6) is -1.69. The van der Waals surface area contributed by atoms with E-state index >= 15 is 0 Å². The van der Waals surface area contributed by atoms with Gasteiger partial charge in [0, 0.05) is 10.0 Å². The first kappa shape index (κ1) is 26.7. The van der Waals surface area contributed by atoms with E-state index in [0.29, 0.717) is 10.0 Å². The van der Waals surface area contributed by atoms with Gasteiger partial charge in [-0.3, -0.25) is 0 Å². The number of rotatable bonds is 9. The molecule has 2 aromatic rings. The number of oxime groups is 1. The van der Waals surface area contributed by atoms with Crippen LogP contribution in [0.3, 0.4) is 0 Å². The Kier molecular flexibility index (Phi) is 10.5. The summed E-state index contributed by atoms with van der Waals surface area (Å²) in [7, 11) is 1.22. The highest BCUT2D eigenvalue weighted by Crippen LogP contribution is 2.25. The van der Waals surface area contributed by atoms with Gasteiger partial charge in [-0.1, -0.05) is 67.5 Å². The molecular formula is C20H15BrCl4FNO5. The molecule has 0 unspecified atom stereocenters. The summed E-state index contributed by atoms with van der Waals surface area (Å²) in [6, 6.07) is 8.35. The zero-order valence-corrected chi connectivity index (χ0v) is 20.8. The fourth-order valence-electron chi connectivity index (χ4n) is 2.37. The highest BCUT2D eigenvalue weighted by atomic mass is 79.9. The van der Waals surface area contributed by atoms with Gasteiger partial charge < -0.3 is 14.3 Å². The van der Waals surface area contributed by atoms with Crippen LogP contribution in [-0.4, -0.2) is 49.0 Å². The second-order valence-corrected chi connectivity index (χ2v) is 8.98. The van der Waals surface area contributed by atoms with E-state index in [0.717, 1.165) is 6.21 Å². The zero-order valence-electron chi connectivity index (χ0n) is 16.2. The van der Waals surface area contributed by atoms with Crippen molar-refractivity contribution in [2.24, 2.45) is 5.16 Å². The first-order chi connectivity index (χ1) is 15.1. The van der Waals surface area contributed by atoms with Crippen LogP contribution >= 0.6 is 62.3 Å². The van der Waals surface area contributed by atoms with Crippen molar-refractivity contribution in [1.29, 1.82) is 0 Å². The third-order valence-electron chi connectivity index (χ3n) is 3.90. The van der Waals surface area contributed by atoms with Crippen LogP contribution in [0.1, 0.15) is 20.7 Å². The topological polar surface area (TPSA) is 74.2 Å². The maximum absolute atomic E-state index is 14.7. The van der Waals surface area contributed by atoms with Crippen molar-refractivity contribution in [1.82, 2.24) is 0 Å². The molecule has 0 fully saturated rings. The van der Waals surface area contributed by atoms with Crippen LogP contribution in [0.4, 0.5) is 4.39 Å². The highest BCUT2D eigenvalue weighted by molar-refractivity contribution is 9.09. The average Bonchev–Trinajstić information content (AvgIpc) is 2.73. The van der Waals surface area contributed by atoms with Crippen molar-refractivity contribution in [3.05, 3.63) is 67.6 Å². The van der Waals surface area contributed by atoms with Crippen LogP contribution in [0.15, 0.2) is 41.6 Å². The normalized spacial score (nSPS) is 14.0. The summed E-state index contributed by atoms with van der Waals surface area (Å²) < 4.78 is 25.2. The van der Waals surface area contributed by atoms with Crippen molar-refractivity contribution in [3.63, 3.8) is 0 Å². The van der Waals surface area contributed by atoms with Crippen molar-refractivity contribution < 1.29 is 28.3 Å². The Hall–Kier alpha value is -1.58. The summed E-state index contributed by atoms with van der Waals surface area (Å²) in [6.45, 7) is -0.370. The van der Waals surface area contributed by atoms with Gasteiger partial charge in [0.2, 0.25) is 0 Å². The van der Waals surface area contributed by atoms with Crippen molar-refractivity contribution in [3.8, 4) is 0 Å². The molecule has 0 radical (unpaired) electrons. The minimum atomic E-state index is -1.91. The van der Waals surface area contributed by atoms with E-state index in [1.54, 1.807) is 0 Å². The standard InChI is InChI=1S/C20H15BrCl4FNO5/c1-30-27-8-17(26)18(32-20(29)13-5-3-11(23)7-16(13)25)14(21)9-31-19(28)12-4-2-10(22)6-15(12)24/h2-8,14,17-18H,9H2,1H3/t14-,17+,18+/m0/s1. The Labute approximate surface area is 211 Å². The number of benzene rings is 2. The summed E-state index contributed by atoms with van der Waals surface area (Å²) in [5, 5.41) is 4.12. The minimum absolute atomic E-state index is 0.0251. The third kappa shape index (κ3) is 7.49. The monoisotopic (exact) mass is 587 g/mol. The third-order valence-corrected chi connectivity index (χ3v) is 5.78. The smallest absolute Gasteiger partial charge is 0.340 e. The Morgan fingerprint density at radius 3 is 2.06 bits per heavy atom. The predicted octanol–water partition coefficient (Wildman–Crippen LogP) is 6.42. The number of halogens is 6. The van der Waals surface area contributed by atoms with Gasteiger partial charge in [0.1, 0.15) is 13.7 Å². The van der Waals surface area contributed by atoms with Crippen molar-refractivity contribution in [2.45, 2.75) is 17.1 Å². The lowest BCUT2D eigenvalue weighted by Crippen LogP contribution is -2.40. The first-order valence-corrected chi connectivity index (χ1v) is 11.2. The molecule has 0 saturated heterocycles. The van der Waals surface area contributed by atoms with Crippen LogP contribution in [0.25, 0.3) is 0 Å². The molecule has 0 saturated carbocycles. The number of carbonyl (C=O) groups excluding carboxylic acids is 2. The summed E-state index contributed by atoms with van der Waals surface area (Å²) in [4.78, 5) is 28.4. The van der Waals surface area contributed by atoms with Gasteiger partial charge >= 0.3 is 11.9 Å². The van der Waals surface area contributed by atoms with Crippen LogP contribution in [0, 0.1) is 0 Å². The van der Waals surface area contributed by atoms with Gasteiger partial charge in [-0.25, -0.2) is 14.0 Å². The number of hydrogen-bond donors (Lipinski definition) is 0. The molecule has 12 heteroatoms. The van der Waals surface area contributed by atoms with Gasteiger partial charge in [-0.2, -0.15) is 0 Å². The number of carbonyl (C=O) groups is 2. The molecular weight excluding hydrogens is 575 g/mol. The molecule has 32 heavy (non-hydrogen) atoms. The molecule has 3 atom stereocenters. The maximum atomic E-state index is 14.7. The van der Waals surface area contributed by atoms with Crippen LogP contribution in [-0.2, 0) is 14.3 Å². The molecule has 0 N–H and O–H groups in total. The number of esters is 2. The van der Waals surface area contributed by atoms with Crippen LogP contribution in [0.5, 0.6) is 0 Å². The number of nitrogens with zero attached hydrogens (tertiary/aromatic N) is 1. The molecule has 0 aliphatic rings. The Balaban J connectivity index is 2.15. The Morgan fingerprint density at radius 2 is 1.56 bits per heavy atom. The summed E-state index contributed by atoms with van der Waals surface area (Å²) >= 11 is 26.8. The van der Waals surface area contributed by atoms with E-state index in [2.05, 4.69) is 25.9 Å². The lowest BCUT2D eigenvalue weighted by atomic mass is 10.1. The summed E-state index contributed by atoms with van der Waals surface area (Å²) in [5.41, 5.74) is 0.0385. The lowest BCUT2D eigenvalue weighted by Gasteiger charge is -2.24. The molecule has 0 heterocycles. The second-order valence-electron chi connectivity index (χ2n) is 6.11. The number of alkyl halides is 2. The second kappa shape index (κ2) is 12.6. The average molecular weight is 590 g/mol. The quantitative estimate of drug-likeness (QED) is 0.146. The van der Waals surface area contributed by atoms with Gasteiger partial charge in [0.05, 0.1) is 32.2 Å². The molecule has 0 aliphatic carbocycles. The van der Waals surface area contributed by atoms with Gasteiger partial charge in [-0.15, -0.1) is 0 Å². The highest BCUT2D eigenvalue weighted by Gasteiger charge is 2.33. The largest absolute Gasteiger partial charge is 0.461 e. The zero-order chi connectivity index (χ0) is 23.8. The SMILES string of the molecule is CON=C[C@@H](F)[C@H](OC(=O)c1ccc(Cl)cc1Cl)[C@@H](Br)COC(=O)c1ccc(Cl)cc1Cl. The van der Waals surface area contributed by atoms with E-state index < -0.39 is 29.0 Å². The number of hydrogen-bond acceptors (Lipinski definition) is 6. The van der Waals surface area contributed by atoms with E-state index in [-0.39, 0.29) is 27.8 Å². The molecule has 0 aliphatic heterocycles. The van der Waals surface area contributed by atoms with E-state index in [4.69, 9.17) is 55.9 Å². The summed E-state index contributed by atoms with van der Waals surface area (Å²) in [6.07, 6.45) is -2.57. The lowest BCUT2D eigenvalue weighted by molar-refractivity contribution is 0.00848. The maximum Gasteiger partial charge on any atom is 0.340 e. The molecule has 6 nitrogen and oxygen atoms in total. The molecule has 172 valence electrons. The van der Waals surface area contributed by atoms with E-state index in [1.807, 2.05) is 0 Å².